The molecule has 12 heavy (non-hydrogen) atoms. The van der Waals surface area contributed by atoms with Gasteiger partial charge in [-0.1, -0.05) is 11.6 Å². The van der Waals surface area contributed by atoms with Crippen LogP contribution in [0.3, 0.4) is 0 Å². The van der Waals surface area contributed by atoms with Crippen molar-refractivity contribution in [2.24, 2.45) is 5.18 Å². The van der Waals surface area contributed by atoms with Gasteiger partial charge in [0, 0.05) is 6.61 Å². The molecule has 0 unspecified atom stereocenters. The van der Waals surface area contributed by atoms with Crippen molar-refractivity contribution in [2.45, 2.75) is 13.7 Å². The van der Waals surface area contributed by atoms with Crippen LogP contribution in [0.1, 0.15) is 6.92 Å². The van der Waals surface area contributed by atoms with Crippen molar-refractivity contribution in [3.05, 3.63) is 16.4 Å². The van der Waals surface area contributed by atoms with E-state index in [0.717, 1.165) is 0 Å². The molecule has 0 aliphatic heterocycles. The lowest BCUT2D eigenvalue weighted by molar-refractivity contribution is 0.0880. The Morgan fingerprint density at radius 1 is 1.83 bits per heavy atom. The Hall–Kier alpha value is -0.940. The minimum Gasteiger partial charge on any atom is -0.361 e. The Balaban J connectivity index is 2.72. The minimum absolute atomic E-state index is 0.00336. The molecule has 0 N–H and O–H groups in total. The van der Waals surface area contributed by atoms with E-state index in [1.807, 2.05) is 6.92 Å². The molecule has 66 valence electrons. The Labute approximate surface area is 74.3 Å². The third-order valence-corrected chi connectivity index (χ3v) is 1.66. The molecule has 0 spiro atoms. The average molecular weight is 190 g/mol. The van der Waals surface area contributed by atoms with Crippen LogP contribution in [0.4, 0.5) is 5.82 Å². The van der Waals surface area contributed by atoms with Gasteiger partial charge in [-0.2, -0.15) is 0 Å². The summed E-state index contributed by atoms with van der Waals surface area (Å²) in [6.07, 6.45) is 1.41. The zero-order valence-corrected chi connectivity index (χ0v) is 7.28. The second-order valence-corrected chi connectivity index (χ2v) is 2.40. The maximum Gasteiger partial charge on any atom is 0.233 e. The van der Waals surface area contributed by atoms with E-state index in [4.69, 9.17) is 16.3 Å². The standard InChI is InChI=1S/C6H8ClN3O2/c1-2-12-4-10-3-8-6(9-11)5(10)7/h3H,2,4H2,1H3. The summed E-state index contributed by atoms with van der Waals surface area (Å²) in [5, 5.41) is 2.84. The Morgan fingerprint density at radius 3 is 3.08 bits per heavy atom. The number of nitroso groups, excluding NO2 is 1. The van der Waals surface area contributed by atoms with Crippen LogP contribution >= 0.6 is 11.6 Å². The molecule has 0 saturated carbocycles. The van der Waals surface area contributed by atoms with E-state index < -0.39 is 0 Å². The molecule has 5 nitrogen and oxygen atoms in total. The Bertz CT molecular complexity index is 274. The molecular formula is C6H8ClN3O2. The first-order chi connectivity index (χ1) is 5.79. The highest BCUT2D eigenvalue weighted by atomic mass is 35.5. The van der Waals surface area contributed by atoms with Gasteiger partial charge in [0.1, 0.15) is 13.1 Å². The predicted octanol–water partition coefficient (Wildman–Crippen LogP) is 1.93. The second kappa shape index (κ2) is 4.18. The van der Waals surface area contributed by atoms with Crippen molar-refractivity contribution in [3.63, 3.8) is 0 Å². The lowest BCUT2D eigenvalue weighted by atomic mass is 10.8. The molecule has 1 heterocycles. The Morgan fingerprint density at radius 2 is 2.58 bits per heavy atom. The molecule has 0 atom stereocenters. The van der Waals surface area contributed by atoms with Crippen molar-refractivity contribution in [3.8, 4) is 0 Å². The van der Waals surface area contributed by atoms with E-state index in [9.17, 15) is 4.91 Å². The smallest absolute Gasteiger partial charge is 0.233 e. The zero-order chi connectivity index (χ0) is 8.97. The van der Waals surface area contributed by atoms with Crippen LogP contribution < -0.4 is 0 Å². The van der Waals surface area contributed by atoms with Gasteiger partial charge in [-0.3, -0.25) is 4.57 Å². The molecule has 0 aromatic carbocycles. The highest BCUT2D eigenvalue weighted by Crippen LogP contribution is 2.21. The van der Waals surface area contributed by atoms with Crippen LogP contribution in [-0.2, 0) is 11.5 Å². The number of rotatable bonds is 4. The van der Waals surface area contributed by atoms with Crippen LogP contribution in [0, 0.1) is 4.91 Å². The topological polar surface area (TPSA) is 56.5 Å². The summed E-state index contributed by atoms with van der Waals surface area (Å²) in [6, 6.07) is 0. The SMILES string of the molecule is CCOCn1cnc(N=O)c1Cl. The number of aromatic nitrogens is 2. The summed E-state index contributed by atoms with van der Waals surface area (Å²) < 4.78 is 6.55. The van der Waals surface area contributed by atoms with Crippen molar-refractivity contribution < 1.29 is 4.74 Å². The van der Waals surface area contributed by atoms with E-state index in [1.165, 1.54) is 10.9 Å². The number of hydrogen-bond acceptors (Lipinski definition) is 4. The molecule has 1 aromatic heterocycles. The van der Waals surface area contributed by atoms with Crippen molar-refractivity contribution >= 4 is 17.4 Å². The quantitative estimate of drug-likeness (QED) is 0.680. The molecule has 0 aliphatic rings. The van der Waals surface area contributed by atoms with Gasteiger partial charge in [0.2, 0.25) is 5.82 Å². The van der Waals surface area contributed by atoms with Crippen LogP contribution in [0.25, 0.3) is 0 Å². The first-order valence-corrected chi connectivity index (χ1v) is 3.79. The van der Waals surface area contributed by atoms with Crippen molar-refractivity contribution in [1.82, 2.24) is 9.55 Å². The van der Waals surface area contributed by atoms with Gasteiger partial charge in [-0.05, 0) is 12.1 Å². The molecule has 0 amide bonds. The van der Waals surface area contributed by atoms with E-state index >= 15 is 0 Å². The third-order valence-electron chi connectivity index (χ3n) is 1.28. The first kappa shape index (κ1) is 9.15. The largest absolute Gasteiger partial charge is 0.361 e. The maximum absolute atomic E-state index is 10.1. The molecule has 6 heteroatoms. The van der Waals surface area contributed by atoms with Crippen molar-refractivity contribution in [1.29, 1.82) is 0 Å². The van der Waals surface area contributed by atoms with E-state index in [2.05, 4.69) is 10.2 Å². The van der Waals surface area contributed by atoms with Gasteiger partial charge in [-0.15, -0.1) is 4.91 Å². The highest BCUT2D eigenvalue weighted by molar-refractivity contribution is 6.31. The van der Waals surface area contributed by atoms with Crippen LogP contribution in [0.15, 0.2) is 11.5 Å². The molecule has 0 aliphatic carbocycles. The monoisotopic (exact) mass is 189 g/mol. The molecular weight excluding hydrogens is 182 g/mol. The number of ether oxygens (including phenoxy) is 1. The lowest BCUT2D eigenvalue weighted by Crippen LogP contribution is -2.00. The van der Waals surface area contributed by atoms with Gasteiger partial charge in [0.25, 0.3) is 0 Å². The fourth-order valence-corrected chi connectivity index (χ4v) is 0.873. The number of hydrogen-bond donors (Lipinski definition) is 0. The minimum atomic E-state index is -0.00336. The second-order valence-electron chi connectivity index (χ2n) is 2.04. The predicted molar refractivity (Wildman–Crippen MR) is 44.3 cm³/mol. The fourth-order valence-electron chi connectivity index (χ4n) is 0.698. The highest BCUT2D eigenvalue weighted by Gasteiger charge is 2.07. The molecule has 0 saturated heterocycles. The zero-order valence-electron chi connectivity index (χ0n) is 6.53. The number of imidazole rings is 1. The van der Waals surface area contributed by atoms with Crippen LogP contribution in [0.5, 0.6) is 0 Å². The molecule has 1 rings (SSSR count). The van der Waals surface area contributed by atoms with Gasteiger partial charge in [-0.25, -0.2) is 4.98 Å². The van der Waals surface area contributed by atoms with Gasteiger partial charge in [0.15, 0.2) is 5.15 Å². The lowest BCUT2D eigenvalue weighted by Gasteiger charge is -2.01. The van der Waals surface area contributed by atoms with E-state index in [1.54, 1.807) is 0 Å². The average Bonchev–Trinajstić information content (AvgIpc) is 2.43. The molecule has 0 radical (unpaired) electrons. The van der Waals surface area contributed by atoms with Crippen molar-refractivity contribution in [2.75, 3.05) is 6.61 Å². The third kappa shape index (κ3) is 1.80. The van der Waals surface area contributed by atoms with Gasteiger partial charge < -0.3 is 4.74 Å². The van der Waals surface area contributed by atoms with Gasteiger partial charge in [0.05, 0.1) is 0 Å². The molecule has 0 bridgehead atoms. The van der Waals surface area contributed by atoms with E-state index in [0.29, 0.717) is 6.61 Å². The molecule has 1 aromatic rings. The van der Waals surface area contributed by atoms with Gasteiger partial charge >= 0.3 is 0 Å². The molecule has 0 fully saturated rings. The summed E-state index contributed by atoms with van der Waals surface area (Å²) in [5.41, 5.74) is 0. The summed E-state index contributed by atoms with van der Waals surface area (Å²) >= 11 is 5.69. The number of nitrogens with zero attached hydrogens (tertiary/aromatic N) is 3. The normalized spacial score (nSPS) is 10.2. The summed E-state index contributed by atoms with van der Waals surface area (Å²) in [5.74, 6) is -0.00336. The maximum atomic E-state index is 10.1. The van der Waals surface area contributed by atoms with Crippen LogP contribution in [0.2, 0.25) is 5.15 Å². The summed E-state index contributed by atoms with van der Waals surface area (Å²) in [4.78, 5) is 13.7. The summed E-state index contributed by atoms with van der Waals surface area (Å²) in [7, 11) is 0. The number of halogens is 1. The fraction of sp³-hybridized carbons (Fsp3) is 0.500. The Kier molecular flexibility index (Phi) is 3.19. The first-order valence-electron chi connectivity index (χ1n) is 3.41. The summed E-state index contributed by atoms with van der Waals surface area (Å²) in [6.45, 7) is 2.74. The van der Waals surface area contributed by atoms with E-state index in [-0.39, 0.29) is 17.7 Å². The van der Waals surface area contributed by atoms with Crippen LogP contribution in [-0.4, -0.2) is 16.2 Å².